The number of unbranched alkanes of at least 4 members (excludes halogenated alkanes) is 4. The summed E-state index contributed by atoms with van der Waals surface area (Å²) in [5.41, 5.74) is -0.637. The summed E-state index contributed by atoms with van der Waals surface area (Å²) in [5, 5.41) is 8.77. The Morgan fingerprint density at radius 1 is 1.00 bits per heavy atom. The largest absolute Gasteiger partial charge is 0.481 e. The normalized spacial score (nSPS) is 25.5. The molecule has 2 aliphatic rings. The van der Waals surface area contributed by atoms with E-state index in [9.17, 15) is 24.0 Å². The lowest BCUT2D eigenvalue weighted by molar-refractivity contribution is -0.156. The number of hydrogen-bond acceptors (Lipinski definition) is 6. The topological polar surface area (TPSA) is 115 Å². The van der Waals surface area contributed by atoms with E-state index in [1.54, 1.807) is 20.8 Å². The lowest BCUT2D eigenvalue weighted by Gasteiger charge is -2.23. The van der Waals surface area contributed by atoms with E-state index in [2.05, 4.69) is 6.92 Å². The number of ether oxygens (including phenoxy) is 1. The Balaban J connectivity index is 2.21. The SMILES string of the molecule is CCCCCC(/C=C/C1C2CC(C(=O)C(=O)C2=O)C1C=CCCCCC(=O)O)OC(=O)C(C)(C)C. The van der Waals surface area contributed by atoms with Crippen molar-refractivity contribution in [1.82, 2.24) is 0 Å². The fraction of sp³-hybridized carbons (Fsp3) is 0.679. The predicted molar refractivity (Wildman–Crippen MR) is 131 cm³/mol. The number of esters is 1. The van der Waals surface area contributed by atoms with Crippen molar-refractivity contribution in [1.29, 1.82) is 0 Å². The highest BCUT2D eigenvalue weighted by Crippen LogP contribution is 2.47. The van der Waals surface area contributed by atoms with Gasteiger partial charge in [-0.1, -0.05) is 38.0 Å². The third-order valence-electron chi connectivity index (χ3n) is 6.88. The van der Waals surface area contributed by atoms with E-state index in [0.717, 1.165) is 19.3 Å². The van der Waals surface area contributed by atoms with Gasteiger partial charge in [-0.25, -0.2) is 0 Å². The standard InChI is InChI=1S/C28H40O7/c1-5-6-9-12-18(35-27(34)28(2,3)4)15-16-20-19(13-10-7-8-11-14-23(29)30)21-17-22(20)25(32)26(33)24(21)31/h10,13,15-16,18-22H,5-9,11-12,14,17H2,1-4H3,(H,29,30)/b13-10?,16-15+. The summed E-state index contributed by atoms with van der Waals surface area (Å²) in [4.78, 5) is 60.6. The van der Waals surface area contributed by atoms with Crippen LogP contribution in [0, 0.1) is 29.1 Å². The van der Waals surface area contributed by atoms with Crippen LogP contribution in [-0.2, 0) is 28.7 Å². The van der Waals surface area contributed by atoms with Gasteiger partial charge < -0.3 is 9.84 Å². The van der Waals surface area contributed by atoms with Crippen molar-refractivity contribution in [2.45, 2.75) is 91.6 Å². The Bertz CT molecular complexity index is 861. The van der Waals surface area contributed by atoms with Gasteiger partial charge in [0.2, 0.25) is 11.6 Å². The van der Waals surface area contributed by atoms with Gasteiger partial charge in [0.05, 0.1) is 5.41 Å². The first kappa shape index (κ1) is 28.7. The summed E-state index contributed by atoms with van der Waals surface area (Å²) >= 11 is 0. The first-order chi connectivity index (χ1) is 16.5. The first-order valence-corrected chi connectivity index (χ1v) is 12.9. The third-order valence-corrected chi connectivity index (χ3v) is 6.88. The number of ketones is 3. The molecule has 5 unspecified atom stereocenters. The zero-order valence-corrected chi connectivity index (χ0v) is 21.5. The lowest BCUT2D eigenvalue weighted by atomic mass is 9.84. The molecule has 0 aliphatic heterocycles. The zero-order valence-electron chi connectivity index (χ0n) is 21.5. The van der Waals surface area contributed by atoms with E-state index < -0.39 is 46.7 Å². The zero-order chi connectivity index (χ0) is 26.2. The van der Waals surface area contributed by atoms with Gasteiger partial charge in [0.25, 0.3) is 5.78 Å². The molecular formula is C28H40O7. The molecule has 0 spiro atoms. The maximum atomic E-state index is 12.6. The minimum absolute atomic E-state index is 0.113. The van der Waals surface area contributed by atoms with E-state index >= 15 is 0 Å². The average Bonchev–Trinajstić information content (AvgIpc) is 3.12. The number of carboxylic acid groups (broad SMARTS) is 1. The lowest BCUT2D eigenvalue weighted by Crippen LogP contribution is -2.38. The van der Waals surface area contributed by atoms with Crippen LogP contribution in [0.3, 0.4) is 0 Å². The molecule has 2 bridgehead atoms. The van der Waals surface area contributed by atoms with Crippen LogP contribution < -0.4 is 0 Å². The summed E-state index contributed by atoms with van der Waals surface area (Å²) in [5.74, 6) is -4.92. The molecule has 2 aliphatic carbocycles. The van der Waals surface area contributed by atoms with Crippen LogP contribution >= 0.6 is 0 Å². The van der Waals surface area contributed by atoms with E-state index in [-0.39, 0.29) is 24.2 Å². The van der Waals surface area contributed by atoms with Gasteiger partial charge in [-0.05, 0) is 77.2 Å². The number of hydrogen-bond donors (Lipinski definition) is 1. The number of aliphatic carboxylic acids is 1. The Kier molecular flexibility index (Phi) is 10.6. The van der Waals surface area contributed by atoms with Crippen LogP contribution in [0.5, 0.6) is 0 Å². The maximum Gasteiger partial charge on any atom is 0.311 e. The van der Waals surface area contributed by atoms with E-state index in [4.69, 9.17) is 9.84 Å². The molecule has 2 saturated carbocycles. The number of Topliss-reactive ketones (excluding diaryl/α,β-unsaturated/α-hetero) is 3. The number of carbonyl (C=O) groups is 5. The summed E-state index contributed by atoms with van der Waals surface area (Å²) in [6.07, 6.45) is 13.1. The molecule has 35 heavy (non-hydrogen) atoms. The van der Waals surface area contributed by atoms with Crippen LogP contribution in [0.15, 0.2) is 24.3 Å². The molecule has 5 atom stereocenters. The smallest absolute Gasteiger partial charge is 0.311 e. The number of allylic oxidation sites excluding steroid dienone is 3. The maximum absolute atomic E-state index is 12.6. The Morgan fingerprint density at radius 3 is 2.20 bits per heavy atom. The van der Waals surface area contributed by atoms with Crippen molar-refractivity contribution in [3.8, 4) is 0 Å². The summed E-state index contributed by atoms with van der Waals surface area (Å²) < 4.78 is 5.77. The molecule has 1 N–H and O–H groups in total. The molecule has 194 valence electrons. The highest BCUT2D eigenvalue weighted by molar-refractivity contribution is 6.65. The monoisotopic (exact) mass is 488 g/mol. The van der Waals surface area contributed by atoms with Gasteiger partial charge in [-0.2, -0.15) is 0 Å². The number of rotatable bonds is 13. The van der Waals surface area contributed by atoms with Crippen LogP contribution in [0.2, 0.25) is 0 Å². The molecular weight excluding hydrogens is 448 g/mol. The second-order valence-corrected chi connectivity index (χ2v) is 10.8. The number of carboxylic acids is 1. The molecule has 0 amide bonds. The van der Waals surface area contributed by atoms with Gasteiger partial charge in [0.15, 0.2) is 0 Å². The van der Waals surface area contributed by atoms with Crippen LogP contribution in [0.1, 0.15) is 85.5 Å². The molecule has 2 fully saturated rings. The van der Waals surface area contributed by atoms with Gasteiger partial charge in [-0.15, -0.1) is 0 Å². The first-order valence-electron chi connectivity index (χ1n) is 12.9. The molecule has 0 aromatic heterocycles. The average molecular weight is 489 g/mol. The second kappa shape index (κ2) is 12.9. The molecule has 0 heterocycles. The van der Waals surface area contributed by atoms with Crippen LogP contribution in [0.25, 0.3) is 0 Å². The molecule has 7 heteroatoms. The number of carbonyl (C=O) groups excluding carboxylic acids is 4. The Morgan fingerprint density at radius 2 is 1.63 bits per heavy atom. The molecule has 0 aromatic rings. The van der Waals surface area contributed by atoms with Crippen LogP contribution in [-0.4, -0.2) is 40.5 Å². The minimum Gasteiger partial charge on any atom is -0.481 e. The van der Waals surface area contributed by atoms with Crippen molar-refractivity contribution in [3.05, 3.63) is 24.3 Å². The minimum atomic E-state index is -0.902. The molecule has 0 saturated heterocycles. The molecule has 7 nitrogen and oxygen atoms in total. The number of fused-ring (bicyclic) bond motifs is 2. The van der Waals surface area contributed by atoms with Crippen molar-refractivity contribution >= 4 is 29.3 Å². The van der Waals surface area contributed by atoms with Crippen molar-refractivity contribution < 1.29 is 33.8 Å². The summed E-state index contributed by atoms with van der Waals surface area (Å²) in [6.45, 7) is 7.50. The van der Waals surface area contributed by atoms with E-state index in [1.165, 1.54) is 0 Å². The van der Waals surface area contributed by atoms with Gasteiger partial charge >= 0.3 is 11.9 Å². The van der Waals surface area contributed by atoms with Crippen molar-refractivity contribution in [2.75, 3.05) is 0 Å². The predicted octanol–water partition coefficient (Wildman–Crippen LogP) is 4.87. The fourth-order valence-electron chi connectivity index (χ4n) is 4.82. The molecule has 0 aromatic carbocycles. The molecule has 0 radical (unpaired) electrons. The Labute approximate surface area is 208 Å². The highest BCUT2D eigenvalue weighted by Gasteiger charge is 2.55. The van der Waals surface area contributed by atoms with E-state index in [1.807, 2.05) is 24.3 Å². The molecule has 2 rings (SSSR count). The van der Waals surface area contributed by atoms with Gasteiger partial charge in [0, 0.05) is 18.3 Å². The highest BCUT2D eigenvalue weighted by atomic mass is 16.5. The van der Waals surface area contributed by atoms with E-state index in [0.29, 0.717) is 32.1 Å². The van der Waals surface area contributed by atoms with Crippen LogP contribution in [0.4, 0.5) is 0 Å². The summed E-state index contributed by atoms with van der Waals surface area (Å²) in [6, 6.07) is 0. The Hall–Kier alpha value is -2.57. The van der Waals surface area contributed by atoms with Gasteiger partial charge in [-0.3, -0.25) is 24.0 Å². The fourth-order valence-corrected chi connectivity index (χ4v) is 4.82. The van der Waals surface area contributed by atoms with Crippen molar-refractivity contribution in [3.63, 3.8) is 0 Å². The second-order valence-electron chi connectivity index (χ2n) is 10.8. The van der Waals surface area contributed by atoms with Gasteiger partial charge in [0.1, 0.15) is 6.10 Å². The van der Waals surface area contributed by atoms with Crippen molar-refractivity contribution in [2.24, 2.45) is 29.1 Å². The third kappa shape index (κ3) is 7.97. The summed E-state index contributed by atoms with van der Waals surface area (Å²) in [7, 11) is 0. The quantitative estimate of drug-likeness (QED) is 0.170.